The molecule has 1 aromatic carbocycles. The zero-order valence-electron chi connectivity index (χ0n) is 9.90. The Morgan fingerprint density at radius 2 is 2.06 bits per heavy atom. The van der Waals surface area contributed by atoms with Crippen molar-refractivity contribution in [2.24, 2.45) is 0 Å². The molecular weight excluding hydrogens is 225 g/mol. The van der Waals surface area contributed by atoms with Gasteiger partial charge in [0, 0.05) is 14.0 Å². The number of hydrogen-bond donors (Lipinski definition) is 1. The lowest BCUT2D eigenvalue weighted by atomic mass is 10.1. The van der Waals surface area contributed by atoms with Crippen LogP contribution < -0.4 is 5.32 Å². The predicted molar refractivity (Wildman–Crippen MR) is 60.8 cm³/mol. The maximum atomic E-state index is 12.8. The first-order chi connectivity index (χ1) is 8.13. The largest absolute Gasteiger partial charge is 0.359 e. The molecule has 94 valence electrons. The number of nitrogens with one attached hydrogen (secondary N) is 1. The summed E-state index contributed by atoms with van der Waals surface area (Å²) in [4.78, 5) is 11.1. The van der Waals surface area contributed by atoms with E-state index in [1.54, 1.807) is 12.1 Å². The van der Waals surface area contributed by atoms with Gasteiger partial charge in [0.25, 0.3) is 0 Å². The highest BCUT2D eigenvalue weighted by atomic mass is 19.1. The molecule has 0 spiro atoms. The molecule has 0 fully saturated rings. The molecule has 0 bridgehead atoms. The van der Waals surface area contributed by atoms with E-state index in [0.717, 1.165) is 5.56 Å². The molecule has 1 rings (SSSR count). The standard InChI is InChI=1S/C12H16FNO3/c1-9(15)14-12(7-17-8-16-2)10-3-5-11(13)6-4-10/h3-6,12H,7-8H2,1-2H3,(H,14,15)/t12-/m1/s1. The van der Waals surface area contributed by atoms with Crippen LogP contribution in [-0.4, -0.2) is 26.4 Å². The molecule has 0 aromatic heterocycles. The minimum atomic E-state index is -0.312. The number of hydrogen-bond acceptors (Lipinski definition) is 3. The van der Waals surface area contributed by atoms with Gasteiger partial charge in [-0.3, -0.25) is 4.79 Å². The summed E-state index contributed by atoms with van der Waals surface area (Å²) in [7, 11) is 1.52. The van der Waals surface area contributed by atoms with E-state index in [9.17, 15) is 9.18 Å². The van der Waals surface area contributed by atoms with Crippen molar-refractivity contribution in [2.75, 3.05) is 20.5 Å². The molecule has 4 nitrogen and oxygen atoms in total. The number of methoxy groups -OCH3 is 1. The predicted octanol–water partition coefficient (Wildman–Crippen LogP) is 1.62. The van der Waals surface area contributed by atoms with E-state index in [2.05, 4.69) is 5.32 Å². The summed E-state index contributed by atoms with van der Waals surface area (Å²) in [6, 6.07) is 5.63. The van der Waals surface area contributed by atoms with Crippen molar-refractivity contribution in [1.82, 2.24) is 5.32 Å². The zero-order valence-corrected chi connectivity index (χ0v) is 9.90. The first kappa shape index (κ1) is 13.6. The molecule has 17 heavy (non-hydrogen) atoms. The van der Waals surface area contributed by atoms with E-state index < -0.39 is 0 Å². The monoisotopic (exact) mass is 241 g/mol. The van der Waals surface area contributed by atoms with Crippen LogP contribution in [0.15, 0.2) is 24.3 Å². The Morgan fingerprint density at radius 1 is 1.41 bits per heavy atom. The van der Waals surface area contributed by atoms with Gasteiger partial charge >= 0.3 is 0 Å². The van der Waals surface area contributed by atoms with Crippen LogP contribution in [0.3, 0.4) is 0 Å². The van der Waals surface area contributed by atoms with Gasteiger partial charge in [0.15, 0.2) is 0 Å². The smallest absolute Gasteiger partial charge is 0.217 e. The Hall–Kier alpha value is -1.46. The average molecular weight is 241 g/mol. The van der Waals surface area contributed by atoms with Gasteiger partial charge in [0.05, 0.1) is 12.6 Å². The number of amides is 1. The molecule has 0 aliphatic carbocycles. The van der Waals surface area contributed by atoms with Crippen LogP contribution >= 0.6 is 0 Å². The highest BCUT2D eigenvalue weighted by Crippen LogP contribution is 2.14. The number of carbonyl (C=O) groups is 1. The number of carbonyl (C=O) groups excluding carboxylic acids is 1. The van der Waals surface area contributed by atoms with E-state index in [1.807, 2.05) is 0 Å². The van der Waals surface area contributed by atoms with Gasteiger partial charge in [-0.1, -0.05) is 12.1 Å². The number of halogens is 1. The van der Waals surface area contributed by atoms with Crippen LogP contribution in [0.4, 0.5) is 4.39 Å². The molecule has 1 aromatic rings. The number of ether oxygens (including phenoxy) is 2. The van der Waals surface area contributed by atoms with Crippen molar-refractivity contribution in [2.45, 2.75) is 13.0 Å². The molecule has 0 heterocycles. The molecule has 1 amide bonds. The van der Waals surface area contributed by atoms with Crippen molar-refractivity contribution < 1.29 is 18.7 Å². The van der Waals surface area contributed by atoms with Crippen LogP contribution in [0, 0.1) is 5.82 Å². The van der Waals surface area contributed by atoms with E-state index in [-0.39, 0.29) is 31.2 Å². The first-order valence-corrected chi connectivity index (χ1v) is 5.22. The Kier molecular flexibility index (Phi) is 5.59. The fraction of sp³-hybridized carbons (Fsp3) is 0.417. The third-order valence-electron chi connectivity index (χ3n) is 2.14. The number of benzene rings is 1. The highest BCUT2D eigenvalue weighted by molar-refractivity contribution is 5.73. The molecule has 0 aliphatic heterocycles. The van der Waals surface area contributed by atoms with E-state index in [1.165, 1.54) is 26.2 Å². The molecule has 5 heteroatoms. The summed E-state index contributed by atoms with van der Waals surface area (Å²) in [5.74, 6) is -0.478. The van der Waals surface area contributed by atoms with Crippen molar-refractivity contribution in [3.8, 4) is 0 Å². The minimum Gasteiger partial charge on any atom is -0.359 e. The summed E-state index contributed by atoms with van der Waals surface area (Å²) in [6.07, 6.45) is 0. The van der Waals surface area contributed by atoms with Gasteiger partial charge in [-0.15, -0.1) is 0 Å². The summed E-state index contributed by atoms with van der Waals surface area (Å²) >= 11 is 0. The molecule has 0 saturated carbocycles. The second kappa shape index (κ2) is 6.98. The van der Waals surface area contributed by atoms with Crippen molar-refractivity contribution in [1.29, 1.82) is 0 Å². The van der Waals surface area contributed by atoms with Crippen molar-refractivity contribution >= 4 is 5.91 Å². The van der Waals surface area contributed by atoms with E-state index >= 15 is 0 Å². The van der Waals surface area contributed by atoms with Crippen LogP contribution in [0.5, 0.6) is 0 Å². The lowest BCUT2D eigenvalue weighted by Crippen LogP contribution is -2.29. The SMILES string of the molecule is COCOC[C@@H](NC(C)=O)c1ccc(F)cc1. The summed E-state index contributed by atoms with van der Waals surface area (Å²) in [5, 5.41) is 2.73. The normalized spacial score (nSPS) is 12.2. The molecule has 0 aliphatic rings. The lowest BCUT2D eigenvalue weighted by molar-refractivity contribution is -0.120. The lowest BCUT2D eigenvalue weighted by Gasteiger charge is -2.18. The van der Waals surface area contributed by atoms with Crippen LogP contribution in [0.2, 0.25) is 0 Å². The fourth-order valence-corrected chi connectivity index (χ4v) is 1.41. The third-order valence-corrected chi connectivity index (χ3v) is 2.14. The number of rotatable bonds is 6. The Bertz CT molecular complexity index is 353. The Morgan fingerprint density at radius 3 is 2.59 bits per heavy atom. The highest BCUT2D eigenvalue weighted by Gasteiger charge is 2.12. The summed E-state index contributed by atoms with van der Waals surface area (Å²) in [5.41, 5.74) is 0.790. The Balaban J connectivity index is 2.67. The summed E-state index contributed by atoms with van der Waals surface area (Å²) < 4.78 is 22.7. The van der Waals surface area contributed by atoms with Crippen LogP contribution in [-0.2, 0) is 14.3 Å². The quantitative estimate of drug-likeness (QED) is 0.608. The topological polar surface area (TPSA) is 47.6 Å². The fourth-order valence-electron chi connectivity index (χ4n) is 1.41. The summed E-state index contributed by atoms with van der Waals surface area (Å²) in [6.45, 7) is 1.85. The molecule has 1 atom stereocenters. The van der Waals surface area contributed by atoms with Crippen LogP contribution in [0.1, 0.15) is 18.5 Å². The molecule has 0 saturated heterocycles. The van der Waals surface area contributed by atoms with Gasteiger partial charge in [-0.05, 0) is 17.7 Å². The molecular formula is C12H16FNO3. The molecule has 0 radical (unpaired) electrons. The first-order valence-electron chi connectivity index (χ1n) is 5.22. The van der Waals surface area contributed by atoms with E-state index in [4.69, 9.17) is 9.47 Å². The van der Waals surface area contributed by atoms with Gasteiger partial charge in [0.2, 0.25) is 5.91 Å². The van der Waals surface area contributed by atoms with Crippen molar-refractivity contribution in [3.05, 3.63) is 35.6 Å². The average Bonchev–Trinajstić information content (AvgIpc) is 2.28. The van der Waals surface area contributed by atoms with Gasteiger partial charge in [0.1, 0.15) is 12.6 Å². The second-order valence-electron chi connectivity index (χ2n) is 3.58. The van der Waals surface area contributed by atoms with Gasteiger partial charge in [-0.2, -0.15) is 0 Å². The minimum absolute atomic E-state index is 0.150. The molecule has 0 unspecified atom stereocenters. The zero-order chi connectivity index (χ0) is 12.7. The third kappa shape index (κ3) is 4.93. The maximum absolute atomic E-state index is 12.8. The second-order valence-corrected chi connectivity index (χ2v) is 3.58. The van der Waals surface area contributed by atoms with Crippen molar-refractivity contribution in [3.63, 3.8) is 0 Å². The van der Waals surface area contributed by atoms with Crippen LogP contribution in [0.25, 0.3) is 0 Å². The van der Waals surface area contributed by atoms with E-state index in [0.29, 0.717) is 0 Å². The van der Waals surface area contributed by atoms with Gasteiger partial charge in [-0.25, -0.2) is 4.39 Å². The molecule has 1 N–H and O–H groups in total. The van der Waals surface area contributed by atoms with Gasteiger partial charge < -0.3 is 14.8 Å². The maximum Gasteiger partial charge on any atom is 0.217 e. The Labute approximate surface area is 99.7 Å².